The summed E-state index contributed by atoms with van der Waals surface area (Å²) in [6.07, 6.45) is 4.95. The van der Waals surface area contributed by atoms with E-state index in [4.69, 9.17) is 0 Å². The smallest absolute Gasteiger partial charge is 0.362 e. The van der Waals surface area contributed by atoms with Crippen LogP contribution < -0.4 is 5.32 Å². The normalized spacial score (nSPS) is 17.9. The molecule has 18 heavy (non-hydrogen) atoms. The van der Waals surface area contributed by atoms with Crippen LogP contribution in [0.5, 0.6) is 0 Å². The number of rotatable bonds is 4. The molecule has 100 valence electrons. The highest BCUT2D eigenvalue weighted by Crippen LogP contribution is 2.31. The molecule has 1 saturated carbocycles. The zero-order valence-corrected chi connectivity index (χ0v) is 11.1. The lowest BCUT2D eigenvalue weighted by Gasteiger charge is -2.21. The Labute approximate surface area is 107 Å². The van der Waals surface area contributed by atoms with Gasteiger partial charge in [0.1, 0.15) is 0 Å². The molecule has 0 bridgehead atoms. The van der Waals surface area contributed by atoms with Crippen LogP contribution in [0.3, 0.4) is 0 Å². The first-order valence-electron chi connectivity index (χ1n) is 6.45. The fraction of sp³-hybridized carbons (Fsp3) is 0.750. The van der Waals surface area contributed by atoms with E-state index in [1.165, 1.54) is 25.7 Å². The summed E-state index contributed by atoms with van der Waals surface area (Å²) in [5.41, 5.74) is 0. The van der Waals surface area contributed by atoms with Gasteiger partial charge in [0, 0.05) is 20.0 Å². The summed E-state index contributed by atoms with van der Waals surface area (Å²) in [5.74, 6) is 1.72. The molecule has 0 amide bonds. The van der Waals surface area contributed by atoms with Crippen molar-refractivity contribution < 1.29 is 4.92 Å². The molecule has 0 radical (unpaired) electrons. The predicted octanol–water partition coefficient (Wildman–Crippen LogP) is 2.63. The van der Waals surface area contributed by atoms with E-state index in [0.717, 1.165) is 0 Å². The van der Waals surface area contributed by atoms with Gasteiger partial charge in [0.15, 0.2) is 0 Å². The van der Waals surface area contributed by atoms with Crippen LogP contribution in [-0.2, 0) is 7.05 Å². The Kier molecular flexibility index (Phi) is 3.54. The quantitative estimate of drug-likeness (QED) is 0.660. The van der Waals surface area contributed by atoms with Gasteiger partial charge in [-0.25, -0.2) is 0 Å². The van der Waals surface area contributed by atoms with Gasteiger partial charge in [-0.15, -0.1) is 0 Å². The van der Waals surface area contributed by atoms with Gasteiger partial charge < -0.3 is 15.4 Å². The molecular weight excluding hydrogens is 232 g/mol. The van der Waals surface area contributed by atoms with Crippen LogP contribution in [0.25, 0.3) is 0 Å². The molecule has 0 aliphatic heterocycles. The molecule has 1 aliphatic rings. The minimum atomic E-state index is -0.420. The summed E-state index contributed by atoms with van der Waals surface area (Å²) in [6, 6.07) is 0.251. The van der Waals surface area contributed by atoms with Gasteiger partial charge in [-0.3, -0.25) is 4.57 Å². The zero-order valence-electron chi connectivity index (χ0n) is 11.1. The van der Waals surface area contributed by atoms with Crippen molar-refractivity contribution in [3.05, 3.63) is 15.9 Å². The Morgan fingerprint density at radius 2 is 2.11 bits per heavy atom. The van der Waals surface area contributed by atoms with Gasteiger partial charge in [-0.05, 0) is 35.6 Å². The molecule has 2 rings (SSSR count). The Hall–Kier alpha value is -1.59. The summed E-state index contributed by atoms with van der Waals surface area (Å²) in [5, 5.41) is 14.3. The average Bonchev–Trinajstić information content (AvgIpc) is 2.92. The minimum Gasteiger partial charge on any atom is -0.362 e. The minimum absolute atomic E-state index is 0.0696. The number of aromatic nitrogens is 2. The van der Waals surface area contributed by atoms with Crippen molar-refractivity contribution in [1.29, 1.82) is 0 Å². The van der Waals surface area contributed by atoms with Crippen molar-refractivity contribution in [2.24, 2.45) is 13.0 Å². The predicted molar refractivity (Wildman–Crippen MR) is 69.6 cm³/mol. The number of imidazole rings is 1. The Morgan fingerprint density at radius 3 is 2.67 bits per heavy atom. The Balaban J connectivity index is 2.19. The number of anilines is 1. The summed E-state index contributed by atoms with van der Waals surface area (Å²) in [7, 11) is 1.80. The molecule has 1 aliphatic carbocycles. The summed E-state index contributed by atoms with van der Waals surface area (Å²) in [4.78, 5) is 14.6. The number of nitro groups is 1. The first-order chi connectivity index (χ1) is 8.50. The molecule has 1 aromatic rings. The Morgan fingerprint density at radius 1 is 1.50 bits per heavy atom. The lowest BCUT2D eigenvalue weighted by molar-refractivity contribution is -0.388. The second kappa shape index (κ2) is 4.96. The van der Waals surface area contributed by atoms with Gasteiger partial charge in [-0.2, -0.15) is 0 Å². The van der Waals surface area contributed by atoms with Gasteiger partial charge in [0.05, 0.1) is 0 Å². The monoisotopic (exact) mass is 252 g/mol. The van der Waals surface area contributed by atoms with Crippen molar-refractivity contribution in [2.45, 2.75) is 45.6 Å². The third-order valence-corrected chi connectivity index (χ3v) is 3.94. The van der Waals surface area contributed by atoms with Crippen LogP contribution in [0.2, 0.25) is 0 Å². The van der Waals surface area contributed by atoms with E-state index in [2.05, 4.69) is 17.2 Å². The number of hydrogen-bond donors (Lipinski definition) is 1. The van der Waals surface area contributed by atoms with Gasteiger partial charge in [0.2, 0.25) is 11.6 Å². The highest BCUT2D eigenvalue weighted by molar-refractivity contribution is 5.54. The third-order valence-electron chi connectivity index (χ3n) is 3.94. The van der Waals surface area contributed by atoms with E-state index < -0.39 is 4.92 Å². The van der Waals surface area contributed by atoms with Crippen molar-refractivity contribution in [3.8, 4) is 0 Å². The molecule has 0 spiro atoms. The third kappa shape index (κ3) is 2.32. The summed E-state index contributed by atoms with van der Waals surface area (Å²) >= 11 is 0. The molecule has 0 aromatic carbocycles. The van der Waals surface area contributed by atoms with Crippen molar-refractivity contribution >= 4 is 11.6 Å². The number of nitrogens with zero attached hydrogens (tertiary/aromatic N) is 3. The molecule has 1 heterocycles. The second-order valence-electron chi connectivity index (χ2n) is 5.12. The standard InChI is InChI=1S/C12H20N4O2/c1-8(10-6-4-5-7-10)13-11-12(16(17)18)14-9(2)15(11)3/h8,10,13H,4-7H2,1-3H3. The van der Waals surface area contributed by atoms with Gasteiger partial charge in [0.25, 0.3) is 0 Å². The van der Waals surface area contributed by atoms with Crippen LogP contribution in [0.4, 0.5) is 11.6 Å². The second-order valence-corrected chi connectivity index (χ2v) is 5.12. The largest absolute Gasteiger partial charge is 0.406 e. The molecule has 1 N–H and O–H groups in total. The Bertz CT molecular complexity index is 449. The molecule has 0 saturated heterocycles. The number of aryl methyl sites for hydroxylation is 1. The fourth-order valence-electron chi connectivity index (χ4n) is 2.67. The highest BCUT2D eigenvalue weighted by atomic mass is 16.6. The van der Waals surface area contributed by atoms with Crippen LogP contribution >= 0.6 is 0 Å². The highest BCUT2D eigenvalue weighted by Gasteiger charge is 2.28. The maximum atomic E-state index is 11.0. The van der Waals surface area contributed by atoms with Gasteiger partial charge >= 0.3 is 5.82 Å². The van der Waals surface area contributed by atoms with E-state index in [0.29, 0.717) is 17.6 Å². The number of hydrogen-bond acceptors (Lipinski definition) is 4. The molecule has 1 fully saturated rings. The van der Waals surface area contributed by atoms with Crippen LogP contribution in [0, 0.1) is 23.0 Å². The number of nitrogens with one attached hydrogen (secondary N) is 1. The van der Waals surface area contributed by atoms with Crippen LogP contribution in [0.1, 0.15) is 38.4 Å². The van der Waals surface area contributed by atoms with E-state index >= 15 is 0 Å². The molecule has 1 aromatic heterocycles. The zero-order chi connectivity index (χ0) is 13.3. The van der Waals surface area contributed by atoms with E-state index in [-0.39, 0.29) is 11.9 Å². The fourth-order valence-corrected chi connectivity index (χ4v) is 2.67. The van der Waals surface area contributed by atoms with Gasteiger partial charge in [-0.1, -0.05) is 12.8 Å². The van der Waals surface area contributed by atoms with Crippen LogP contribution in [-0.4, -0.2) is 20.5 Å². The van der Waals surface area contributed by atoms with E-state index in [1.807, 2.05) is 0 Å². The SMILES string of the molecule is Cc1nc([N+](=O)[O-])c(NC(C)C2CCCC2)n1C. The van der Waals surface area contributed by atoms with Crippen molar-refractivity contribution in [2.75, 3.05) is 5.32 Å². The lowest BCUT2D eigenvalue weighted by Crippen LogP contribution is -2.25. The molecule has 1 unspecified atom stereocenters. The first kappa shape index (κ1) is 12.9. The topological polar surface area (TPSA) is 73.0 Å². The maximum absolute atomic E-state index is 11.0. The summed E-state index contributed by atoms with van der Waals surface area (Å²) in [6.45, 7) is 3.88. The average molecular weight is 252 g/mol. The molecule has 6 heteroatoms. The maximum Gasteiger partial charge on any atom is 0.406 e. The molecule has 6 nitrogen and oxygen atoms in total. The molecule has 1 atom stereocenters. The lowest BCUT2D eigenvalue weighted by atomic mass is 10.00. The molecular formula is C12H20N4O2. The van der Waals surface area contributed by atoms with E-state index in [1.54, 1.807) is 18.5 Å². The van der Waals surface area contributed by atoms with E-state index in [9.17, 15) is 10.1 Å². The van der Waals surface area contributed by atoms with Crippen LogP contribution in [0.15, 0.2) is 0 Å². The summed E-state index contributed by atoms with van der Waals surface area (Å²) < 4.78 is 1.75. The van der Waals surface area contributed by atoms with Crippen molar-refractivity contribution in [1.82, 2.24) is 9.55 Å². The van der Waals surface area contributed by atoms with Crippen molar-refractivity contribution in [3.63, 3.8) is 0 Å². The first-order valence-corrected chi connectivity index (χ1v) is 6.45.